The van der Waals surface area contributed by atoms with Crippen molar-refractivity contribution in [1.82, 2.24) is 5.32 Å². The zero-order valence-corrected chi connectivity index (χ0v) is 11.5. The van der Waals surface area contributed by atoms with Gasteiger partial charge in [-0.2, -0.15) is 0 Å². The highest BCUT2D eigenvalue weighted by Crippen LogP contribution is 2.38. The summed E-state index contributed by atoms with van der Waals surface area (Å²) in [7, 11) is 0. The normalized spacial score (nSPS) is 28.2. The Morgan fingerprint density at radius 3 is 2.71 bits per heavy atom. The lowest BCUT2D eigenvalue weighted by molar-refractivity contribution is 0.149. The molecule has 0 spiro atoms. The van der Waals surface area contributed by atoms with Crippen LogP contribution in [0.2, 0.25) is 0 Å². The van der Waals surface area contributed by atoms with Gasteiger partial charge in [0.2, 0.25) is 0 Å². The molecule has 0 radical (unpaired) electrons. The van der Waals surface area contributed by atoms with Gasteiger partial charge in [0.15, 0.2) is 0 Å². The average Bonchev–Trinajstić information content (AvgIpc) is 2.58. The van der Waals surface area contributed by atoms with Gasteiger partial charge in [-0.25, -0.2) is 0 Å². The van der Waals surface area contributed by atoms with Crippen molar-refractivity contribution in [3.05, 3.63) is 23.7 Å². The number of hydrogen-bond acceptors (Lipinski definition) is 2. The van der Waals surface area contributed by atoms with Crippen molar-refractivity contribution in [1.29, 1.82) is 0 Å². The minimum absolute atomic E-state index is 0.481. The van der Waals surface area contributed by atoms with Crippen LogP contribution in [0.4, 0.5) is 0 Å². The first-order valence-electron chi connectivity index (χ1n) is 6.73. The van der Waals surface area contributed by atoms with Gasteiger partial charge in [-0.3, -0.25) is 0 Å². The zero-order valence-electron chi connectivity index (χ0n) is 11.5. The van der Waals surface area contributed by atoms with Gasteiger partial charge in [-0.05, 0) is 49.7 Å². The highest BCUT2D eigenvalue weighted by Gasteiger charge is 2.31. The van der Waals surface area contributed by atoms with Crippen molar-refractivity contribution in [2.45, 2.75) is 59.5 Å². The van der Waals surface area contributed by atoms with Crippen LogP contribution in [-0.2, 0) is 6.54 Å². The molecule has 2 heteroatoms. The largest absolute Gasteiger partial charge is 0.465 e. The number of furan rings is 1. The molecule has 0 aliphatic heterocycles. The Morgan fingerprint density at radius 2 is 2.12 bits per heavy atom. The van der Waals surface area contributed by atoms with E-state index in [4.69, 9.17) is 4.42 Å². The maximum absolute atomic E-state index is 5.59. The Morgan fingerprint density at radius 1 is 1.35 bits per heavy atom. The fraction of sp³-hybridized carbons (Fsp3) is 0.733. The lowest BCUT2D eigenvalue weighted by Gasteiger charge is -2.39. The van der Waals surface area contributed by atoms with Gasteiger partial charge in [0.1, 0.15) is 11.5 Å². The molecule has 17 heavy (non-hydrogen) atoms. The molecule has 0 aromatic carbocycles. The average molecular weight is 235 g/mol. The van der Waals surface area contributed by atoms with Crippen LogP contribution >= 0.6 is 0 Å². The van der Waals surface area contributed by atoms with E-state index >= 15 is 0 Å². The van der Waals surface area contributed by atoms with Crippen LogP contribution in [0.3, 0.4) is 0 Å². The van der Waals surface area contributed by atoms with Crippen molar-refractivity contribution in [2.24, 2.45) is 11.3 Å². The summed E-state index contributed by atoms with van der Waals surface area (Å²) in [5.41, 5.74) is 0.481. The Kier molecular flexibility index (Phi) is 3.62. The fourth-order valence-corrected chi connectivity index (χ4v) is 3.33. The number of nitrogens with one attached hydrogen (secondary N) is 1. The maximum Gasteiger partial charge on any atom is 0.117 e. The topological polar surface area (TPSA) is 25.2 Å². The van der Waals surface area contributed by atoms with Gasteiger partial charge in [-0.1, -0.05) is 20.8 Å². The fourth-order valence-electron chi connectivity index (χ4n) is 3.33. The van der Waals surface area contributed by atoms with Crippen LogP contribution in [0.25, 0.3) is 0 Å². The molecule has 1 saturated carbocycles. The van der Waals surface area contributed by atoms with Crippen LogP contribution in [0.1, 0.15) is 51.6 Å². The SMILES string of the molecule is Cc1ccc(CNC2CC(C)CC(C)(C)C2)o1. The van der Waals surface area contributed by atoms with E-state index in [0.29, 0.717) is 11.5 Å². The second-order valence-electron chi connectivity index (χ2n) is 6.50. The molecule has 2 nitrogen and oxygen atoms in total. The lowest BCUT2D eigenvalue weighted by atomic mass is 9.70. The third-order valence-electron chi connectivity index (χ3n) is 3.75. The molecule has 1 heterocycles. The summed E-state index contributed by atoms with van der Waals surface area (Å²) in [6.45, 7) is 9.99. The van der Waals surface area contributed by atoms with E-state index in [1.165, 1.54) is 19.3 Å². The van der Waals surface area contributed by atoms with E-state index in [-0.39, 0.29) is 0 Å². The molecule has 1 aromatic heterocycles. The predicted octanol–water partition coefficient (Wildman–Crippen LogP) is 3.89. The van der Waals surface area contributed by atoms with Gasteiger partial charge in [0.05, 0.1) is 6.54 Å². The molecule has 1 aliphatic rings. The smallest absolute Gasteiger partial charge is 0.117 e. The van der Waals surface area contributed by atoms with E-state index in [2.05, 4.69) is 32.2 Å². The van der Waals surface area contributed by atoms with Crippen molar-refractivity contribution < 1.29 is 4.42 Å². The van der Waals surface area contributed by atoms with Gasteiger partial charge in [-0.15, -0.1) is 0 Å². The number of aryl methyl sites for hydroxylation is 1. The first-order valence-corrected chi connectivity index (χ1v) is 6.73. The summed E-state index contributed by atoms with van der Waals surface area (Å²) in [6.07, 6.45) is 3.92. The maximum atomic E-state index is 5.59. The number of hydrogen-bond donors (Lipinski definition) is 1. The first kappa shape index (κ1) is 12.7. The molecule has 0 amide bonds. The highest BCUT2D eigenvalue weighted by molar-refractivity contribution is 5.05. The lowest BCUT2D eigenvalue weighted by Crippen LogP contribution is -2.39. The van der Waals surface area contributed by atoms with E-state index in [1.54, 1.807) is 0 Å². The molecule has 2 unspecified atom stereocenters. The molecular formula is C15H25NO. The van der Waals surface area contributed by atoms with Crippen LogP contribution in [0, 0.1) is 18.3 Å². The molecule has 2 atom stereocenters. The molecule has 0 saturated heterocycles. The Labute approximate surface area is 105 Å². The summed E-state index contributed by atoms with van der Waals surface area (Å²) in [6, 6.07) is 4.74. The van der Waals surface area contributed by atoms with E-state index < -0.39 is 0 Å². The van der Waals surface area contributed by atoms with Crippen LogP contribution in [0.15, 0.2) is 16.5 Å². The van der Waals surface area contributed by atoms with Gasteiger partial charge in [0, 0.05) is 6.04 Å². The van der Waals surface area contributed by atoms with Crippen molar-refractivity contribution in [2.75, 3.05) is 0 Å². The Bertz CT molecular complexity index is 367. The first-order chi connectivity index (χ1) is 7.94. The quantitative estimate of drug-likeness (QED) is 0.859. The Hall–Kier alpha value is -0.760. The number of rotatable bonds is 3. The molecule has 1 aliphatic carbocycles. The summed E-state index contributed by atoms with van der Waals surface area (Å²) < 4.78 is 5.59. The summed E-state index contributed by atoms with van der Waals surface area (Å²) in [4.78, 5) is 0. The molecule has 2 rings (SSSR count). The van der Waals surface area contributed by atoms with Gasteiger partial charge in [0.25, 0.3) is 0 Å². The van der Waals surface area contributed by atoms with Gasteiger partial charge >= 0.3 is 0 Å². The summed E-state index contributed by atoms with van der Waals surface area (Å²) in [5.74, 6) is 2.88. The molecule has 1 aromatic rings. The molecule has 1 fully saturated rings. The van der Waals surface area contributed by atoms with Crippen molar-refractivity contribution in [3.63, 3.8) is 0 Å². The second kappa shape index (κ2) is 4.85. The van der Waals surface area contributed by atoms with Crippen LogP contribution in [0.5, 0.6) is 0 Å². The highest BCUT2D eigenvalue weighted by atomic mass is 16.3. The summed E-state index contributed by atoms with van der Waals surface area (Å²) >= 11 is 0. The Balaban J connectivity index is 1.86. The van der Waals surface area contributed by atoms with E-state index in [1.807, 2.05) is 13.0 Å². The van der Waals surface area contributed by atoms with Gasteiger partial charge < -0.3 is 9.73 Å². The van der Waals surface area contributed by atoms with E-state index in [9.17, 15) is 0 Å². The van der Waals surface area contributed by atoms with Crippen LogP contribution in [-0.4, -0.2) is 6.04 Å². The molecular weight excluding hydrogens is 210 g/mol. The summed E-state index contributed by atoms with van der Waals surface area (Å²) in [5, 5.41) is 3.64. The van der Waals surface area contributed by atoms with E-state index in [0.717, 1.165) is 24.0 Å². The third kappa shape index (κ3) is 3.60. The predicted molar refractivity (Wildman–Crippen MR) is 70.9 cm³/mol. The van der Waals surface area contributed by atoms with Crippen molar-refractivity contribution in [3.8, 4) is 0 Å². The van der Waals surface area contributed by atoms with Crippen LogP contribution < -0.4 is 5.32 Å². The zero-order chi connectivity index (χ0) is 12.5. The molecule has 1 N–H and O–H groups in total. The second-order valence-corrected chi connectivity index (χ2v) is 6.50. The standard InChI is InChI=1S/C15H25NO/c1-11-7-13(9-15(3,4)8-11)16-10-14-6-5-12(2)17-14/h5-6,11,13,16H,7-10H2,1-4H3. The van der Waals surface area contributed by atoms with Crippen molar-refractivity contribution >= 4 is 0 Å². The minimum Gasteiger partial charge on any atom is -0.465 e. The molecule has 96 valence electrons. The third-order valence-corrected chi connectivity index (χ3v) is 3.75. The minimum atomic E-state index is 0.481. The monoisotopic (exact) mass is 235 g/mol. The molecule has 0 bridgehead atoms.